The molecule has 0 amide bonds. The maximum absolute atomic E-state index is 11.3. The third kappa shape index (κ3) is 1.99. The van der Waals surface area contributed by atoms with E-state index in [0.717, 1.165) is 25.1 Å². The Kier molecular flexibility index (Phi) is 2.88. The van der Waals surface area contributed by atoms with Gasteiger partial charge in [-0.3, -0.25) is 4.79 Å². The van der Waals surface area contributed by atoms with Crippen LogP contribution in [0.4, 0.5) is 0 Å². The number of rotatable bonds is 2. The second kappa shape index (κ2) is 4.14. The number of thioether (sulfide) groups is 1. The van der Waals surface area contributed by atoms with Gasteiger partial charge in [0.2, 0.25) is 0 Å². The van der Waals surface area contributed by atoms with Crippen LogP contribution in [0.15, 0.2) is 16.0 Å². The van der Waals surface area contributed by atoms with Gasteiger partial charge in [-0.25, -0.2) is 4.98 Å². The highest BCUT2D eigenvalue weighted by Crippen LogP contribution is 2.26. The molecule has 0 spiro atoms. The molecule has 0 bridgehead atoms. The number of hydrogen-bond acceptors (Lipinski definition) is 4. The van der Waals surface area contributed by atoms with E-state index in [-0.39, 0.29) is 11.7 Å². The molecule has 5 heteroatoms. The first-order valence-electron chi connectivity index (χ1n) is 4.56. The molecule has 0 saturated carbocycles. The lowest BCUT2D eigenvalue weighted by Crippen LogP contribution is -2.12. The Morgan fingerprint density at radius 1 is 1.71 bits per heavy atom. The van der Waals surface area contributed by atoms with Crippen molar-refractivity contribution < 1.29 is 4.74 Å². The SMILES string of the molecule is CSc1nc([C@@H]2CCCO2)cc(=O)[nH]1. The van der Waals surface area contributed by atoms with Gasteiger partial charge in [-0.15, -0.1) is 0 Å². The van der Waals surface area contributed by atoms with Crippen molar-refractivity contribution in [3.05, 3.63) is 22.1 Å². The molecule has 1 aromatic rings. The summed E-state index contributed by atoms with van der Waals surface area (Å²) in [5, 5.41) is 0.656. The van der Waals surface area contributed by atoms with Crippen LogP contribution in [0, 0.1) is 0 Å². The normalized spacial score (nSPS) is 21.4. The minimum atomic E-state index is -0.102. The number of H-pyrrole nitrogens is 1. The average Bonchev–Trinajstić information content (AvgIpc) is 2.69. The number of nitrogens with one attached hydrogen (secondary N) is 1. The van der Waals surface area contributed by atoms with Crippen molar-refractivity contribution in [1.29, 1.82) is 0 Å². The van der Waals surface area contributed by atoms with Gasteiger partial charge in [0.15, 0.2) is 5.16 Å². The first-order valence-corrected chi connectivity index (χ1v) is 5.79. The molecule has 0 aliphatic carbocycles. The van der Waals surface area contributed by atoms with E-state index in [0.29, 0.717) is 5.16 Å². The van der Waals surface area contributed by atoms with Gasteiger partial charge in [0.25, 0.3) is 5.56 Å². The summed E-state index contributed by atoms with van der Waals surface area (Å²) in [5.74, 6) is 0. The third-order valence-electron chi connectivity index (χ3n) is 2.19. The Hall–Kier alpha value is -0.810. The Morgan fingerprint density at radius 2 is 2.57 bits per heavy atom. The van der Waals surface area contributed by atoms with Crippen LogP contribution >= 0.6 is 11.8 Å². The highest BCUT2D eigenvalue weighted by Gasteiger charge is 2.19. The summed E-state index contributed by atoms with van der Waals surface area (Å²) in [6, 6.07) is 1.52. The summed E-state index contributed by atoms with van der Waals surface area (Å²) in [7, 11) is 0. The van der Waals surface area contributed by atoms with E-state index in [1.165, 1.54) is 17.8 Å². The van der Waals surface area contributed by atoms with E-state index in [2.05, 4.69) is 9.97 Å². The van der Waals surface area contributed by atoms with E-state index in [9.17, 15) is 4.79 Å². The smallest absolute Gasteiger partial charge is 0.251 e. The van der Waals surface area contributed by atoms with Crippen molar-refractivity contribution in [1.82, 2.24) is 9.97 Å². The van der Waals surface area contributed by atoms with Gasteiger partial charge < -0.3 is 9.72 Å². The van der Waals surface area contributed by atoms with Gasteiger partial charge in [0.05, 0.1) is 11.8 Å². The van der Waals surface area contributed by atoms with E-state index < -0.39 is 0 Å². The monoisotopic (exact) mass is 212 g/mol. The standard InChI is InChI=1S/C9H12N2O2S/c1-14-9-10-6(5-8(12)11-9)7-3-2-4-13-7/h5,7H,2-4H2,1H3,(H,10,11,12)/t7-/m0/s1. The highest BCUT2D eigenvalue weighted by molar-refractivity contribution is 7.98. The Balaban J connectivity index is 2.32. The van der Waals surface area contributed by atoms with Crippen LogP contribution in [0.5, 0.6) is 0 Å². The summed E-state index contributed by atoms with van der Waals surface area (Å²) in [6.45, 7) is 0.772. The van der Waals surface area contributed by atoms with E-state index in [1.54, 1.807) is 0 Å². The van der Waals surface area contributed by atoms with Crippen LogP contribution in [-0.4, -0.2) is 22.8 Å². The second-order valence-corrected chi connectivity index (χ2v) is 3.98. The molecular formula is C9H12N2O2S. The maximum atomic E-state index is 11.3. The minimum absolute atomic E-state index is 0.0169. The number of nitrogens with zero attached hydrogens (tertiary/aromatic N) is 1. The topological polar surface area (TPSA) is 55.0 Å². The quantitative estimate of drug-likeness (QED) is 0.594. The van der Waals surface area contributed by atoms with Crippen molar-refractivity contribution >= 4 is 11.8 Å². The minimum Gasteiger partial charge on any atom is -0.372 e. The Bertz CT molecular complexity index is 371. The lowest BCUT2D eigenvalue weighted by Gasteiger charge is -2.08. The zero-order valence-electron chi connectivity index (χ0n) is 7.95. The summed E-state index contributed by atoms with van der Waals surface area (Å²) in [5.41, 5.74) is 0.658. The largest absolute Gasteiger partial charge is 0.372 e. The molecule has 0 unspecified atom stereocenters. The van der Waals surface area contributed by atoms with Crippen LogP contribution in [0.2, 0.25) is 0 Å². The number of hydrogen-bond donors (Lipinski definition) is 1. The zero-order valence-corrected chi connectivity index (χ0v) is 8.76. The number of aromatic nitrogens is 2. The summed E-state index contributed by atoms with van der Waals surface area (Å²) in [6.07, 6.45) is 3.92. The molecule has 1 N–H and O–H groups in total. The fourth-order valence-electron chi connectivity index (χ4n) is 1.53. The first-order chi connectivity index (χ1) is 6.79. The van der Waals surface area contributed by atoms with Crippen LogP contribution in [0.1, 0.15) is 24.6 Å². The highest BCUT2D eigenvalue weighted by atomic mass is 32.2. The van der Waals surface area contributed by atoms with Gasteiger partial charge in [0, 0.05) is 12.7 Å². The molecule has 1 aliphatic heterocycles. The lowest BCUT2D eigenvalue weighted by atomic mass is 10.2. The van der Waals surface area contributed by atoms with E-state index in [4.69, 9.17) is 4.74 Å². The van der Waals surface area contributed by atoms with Crippen molar-refractivity contribution in [3.8, 4) is 0 Å². The molecule has 4 nitrogen and oxygen atoms in total. The first kappa shape index (κ1) is 9.73. The van der Waals surface area contributed by atoms with Crippen LogP contribution in [-0.2, 0) is 4.74 Å². The van der Waals surface area contributed by atoms with Crippen LogP contribution in [0.25, 0.3) is 0 Å². The molecule has 1 saturated heterocycles. The summed E-state index contributed by atoms with van der Waals surface area (Å²) < 4.78 is 5.47. The van der Waals surface area contributed by atoms with Crippen LogP contribution < -0.4 is 5.56 Å². The molecule has 2 rings (SSSR count). The van der Waals surface area contributed by atoms with Gasteiger partial charge in [-0.05, 0) is 19.1 Å². The fourth-order valence-corrected chi connectivity index (χ4v) is 1.93. The summed E-state index contributed by atoms with van der Waals surface area (Å²) in [4.78, 5) is 18.2. The number of ether oxygens (including phenoxy) is 1. The maximum Gasteiger partial charge on any atom is 0.251 e. The molecule has 2 heterocycles. The van der Waals surface area contributed by atoms with E-state index >= 15 is 0 Å². The van der Waals surface area contributed by atoms with Crippen molar-refractivity contribution in [2.45, 2.75) is 24.1 Å². The summed E-state index contributed by atoms with van der Waals surface area (Å²) >= 11 is 1.43. The lowest BCUT2D eigenvalue weighted by molar-refractivity contribution is 0.108. The Labute approximate surface area is 86.1 Å². The van der Waals surface area contributed by atoms with Crippen LogP contribution in [0.3, 0.4) is 0 Å². The molecule has 0 radical (unpaired) electrons. The molecule has 14 heavy (non-hydrogen) atoms. The molecule has 1 fully saturated rings. The third-order valence-corrected chi connectivity index (χ3v) is 2.77. The predicted molar refractivity (Wildman–Crippen MR) is 54.6 cm³/mol. The van der Waals surface area contributed by atoms with E-state index in [1.807, 2.05) is 6.26 Å². The number of aromatic amines is 1. The fraction of sp³-hybridized carbons (Fsp3) is 0.556. The molecule has 76 valence electrons. The molecule has 1 atom stereocenters. The molecule has 0 aromatic carbocycles. The van der Waals surface area contributed by atoms with Gasteiger partial charge >= 0.3 is 0 Å². The van der Waals surface area contributed by atoms with Crippen molar-refractivity contribution in [2.75, 3.05) is 12.9 Å². The second-order valence-electron chi connectivity index (χ2n) is 3.18. The predicted octanol–water partition coefficient (Wildman–Crippen LogP) is 1.34. The molecule has 1 aromatic heterocycles. The zero-order chi connectivity index (χ0) is 9.97. The van der Waals surface area contributed by atoms with Gasteiger partial charge in [-0.2, -0.15) is 0 Å². The van der Waals surface area contributed by atoms with Crippen molar-refractivity contribution in [3.63, 3.8) is 0 Å². The molecular weight excluding hydrogens is 200 g/mol. The van der Waals surface area contributed by atoms with Crippen molar-refractivity contribution in [2.24, 2.45) is 0 Å². The van der Waals surface area contributed by atoms with Gasteiger partial charge in [0.1, 0.15) is 0 Å². The van der Waals surface area contributed by atoms with Gasteiger partial charge in [-0.1, -0.05) is 11.8 Å². The Morgan fingerprint density at radius 3 is 3.21 bits per heavy atom. The molecule has 1 aliphatic rings. The average molecular weight is 212 g/mol.